The zero-order valence-electron chi connectivity index (χ0n) is 16.9. The van der Waals surface area contributed by atoms with Crippen molar-refractivity contribution in [2.45, 2.75) is 33.2 Å². The molecule has 1 aliphatic rings. The smallest absolute Gasteiger partial charge is 0.290 e. The molecule has 0 saturated carbocycles. The van der Waals surface area contributed by atoms with Crippen LogP contribution in [-0.4, -0.2) is 60.4 Å². The molecule has 0 saturated heterocycles. The molecule has 0 bridgehead atoms. The molecule has 0 aliphatic carbocycles. The molecule has 27 heavy (non-hydrogen) atoms. The summed E-state index contributed by atoms with van der Waals surface area (Å²) in [4.78, 5) is 29.2. The average molecular weight is 374 g/mol. The lowest BCUT2D eigenvalue weighted by molar-refractivity contribution is -0.129. The lowest BCUT2D eigenvalue weighted by Gasteiger charge is -2.28. The van der Waals surface area contributed by atoms with Crippen molar-refractivity contribution in [3.8, 4) is 5.75 Å². The summed E-state index contributed by atoms with van der Waals surface area (Å²) in [7, 11) is 3.94. The molecular formula is C21H30N2O4. The fraction of sp³-hybridized carbons (Fsp3) is 0.524. The van der Waals surface area contributed by atoms with Crippen molar-refractivity contribution in [3.63, 3.8) is 0 Å². The van der Waals surface area contributed by atoms with Gasteiger partial charge < -0.3 is 19.6 Å². The van der Waals surface area contributed by atoms with Gasteiger partial charge in [0, 0.05) is 12.5 Å². The molecule has 1 heterocycles. The van der Waals surface area contributed by atoms with Crippen LogP contribution in [0.3, 0.4) is 0 Å². The van der Waals surface area contributed by atoms with Gasteiger partial charge in [-0.15, -0.1) is 0 Å². The van der Waals surface area contributed by atoms with Gasteiger partial charge in [0.2, 0.25) is 0 Å². The highest BCUT2D eigenvalue weighted by Gasteiger charge is 2.43. The fourth-order valence-electron chi connectivity index (χ4n) is 3.29. The van der Waals surface area contributed by atoms with E-state index < -0.39 is 17.7 Å². The third kappa shape index (κ3) is 4.69. The number of nitrogens with zero attached hydrogens (tertiary/aromatic N) is 2. The van der Waals surface area contributed by atoms with E-state index in [1.165, 1.54) is 0 Å². The minimum atomic E-state index is -0.588. The zero-order chi connectivity index (χ0) is 20.1. The van der Waals surface area contributed by atoms with E-state index in [4.69, 9.17) is 4.74 Å². The van der Waals surface area contributed by atoms with Crippen molar-refractivity contribution in [3.05, 3.63) is 41.2 Å². The van der Waals surface area contributed by atoms with Crippen LogP contribution >= 0.6 is 0 Å². The van der Waals surface area contributed by atoms with Gasteiger partial charge in [0.15, 0.2) is 11.5 Å². The molecule has 0 aromatic heterocycles. The first-order valence-corrected chi connectivity index (χ1v) is 9.43. The summed E-state index contributed by atoms with van der Waals surface area (Å²) in [5.41, 5.74) is 0.959. The molecule has 1 N–H and O–H groups in total. The van der Waals surface area contributed by atoms with Crippen LogP contribution in [0.15, 0.2) is 35.6 Å². The number of Topliss-reactive ketones (excluding diaryl/α,β-unsaturated/α-hetero) is 1. The quantitative estimate of drug-likeness (QED) is 0.720. The first-order chi connectivity index (χ1) is 12.8. The van der Waals surface area contributed by atoms with Gasteiger partial charge in [0.25, 0.3) is 5.91 Å². The Kier molecular flexibility index (Phi) is 7.02. The Labute approximate surface area is 161 Å². The second-order valence-corrected chi connectivity index (χ2v) is 7.34. The number of carbonyl (C=O) groups is 2. The van der Waals surface area contributed by atoms with Crippen LogP contribution in [0.2, 0.25) is 0 Å². The number of amides is 1. The van der Waals surface area contributed by atoms with Crippen LogP contribution in [0.25, 0.3) is 0 Å². The summed E-state index contributed by atoms with van der Waals surface area (Å²) < 4.78 is 5.58. The summed E-state index contributed by atoms with van der Waals surface area (Å²) in [6, 6.07) is 6.80. The molecule has 1 amide bonds. The number of carbonyl (C=O) groups excluding carboxylic acids is 2. The highest BCUT2D eigenvalue weighted by atomic mass is 16.5. The van der Waals surface area contributed by atoms with Gasteiger partial charge >= 0.3 is 0 Å². The number of ketones is 1. The Morgan fingerprint density at radius 3 is 2.63 bits per heavy atom. The highest BCUT2D eigenvalue weighted by Crippen LogP contribution is 2.39. The SMILES string of the molecule is CCOc1cccc(C2C(C(=O)C(C)C)=C(O)C(=O)N2CCCN(C)C)c1. The summed E-state index contributed by atoms with van der Waals surface area (Å²) in [6.07, 6.45) is 0.747. The van der Waals surface area contributed by atoms with Crippen molar-refractivity contribution < 1.29 is 19.4 Å². The molecule has 1 atom stereocenters. The maximum absolute atomic E-state index is 12.8. The molecule has 0 radical (unpaired) electrons. The Hall–Kier alpha value is -2.34. The molecule has 6 nitrogen and oxygen atoms in total. The first-order valence-electron chi connectivity index (χ1n) is 9.43. The number of hydrogen-bond donors (Lipinski definition) is 1. The number of aliphatic hydroxyl groups is 1. The van der Waals surface area contributed by atoms with Crippen LogP contribution in [0.4, 0.5) is 0 Å². The third-order valence-electron chi connectivity index (χ3n) is 4.58. The second-order valence-electron chi connectivity index (χ2n) is 7.34. The molecule has 148 valence electrons. The maximum atomic E-state index is 12.8. The van der Waals surface area contributed by atoms with E-state index in [-0.39, 0.29) is 17.3 Å². The summed E-state index contributed by atoms with van der Waals surface area (Å²) in [5.74, 6) is -0.745. The van der Waals surface area contributed by atoms with Gasteiger partial charge in [-0.1, -0.05) is 26.0 Å². The van der Waals surface area contributed by atoms with Crippen molar-refractivity contribution in [2.24, 2.45) is 5.92 Å². The van der Waals surface area contributed by atoms with E-state index in [0.29, 0.717) is 18.9 Å². The minimum Gasteiger partial charge on any atom is -0.503 e. The first kappa shape index (κ1) is 21.0. The van der Waals surface area contributed by atoms with Crippen LogP contribution in [0.1, 0.15) is 38.8 Å². The van der Waals surface area contributed by atoms with Crippen molar-refractivity contribution >= 4 is 11.7 Å². The van der Waals surface area contributed by atoms with E-state index >= 15 is 0 Å². The van der Waals surface area contributed by atoms with Crippen molar-refractivity contribution in [1.82, 2.24) is 9.80 Å². The van der Waals surface area contributed by atoms with Crippen LogP contribution in [0.5, 0.6) is 5.75 Å². The van der Waals surface area contributed by atoms with Gasteiger partial charge in [-0.2, -0.15) is 0 Å². The monoisotopic (exact) mass is 374 g/mol. The van der Waals surface area contributed by atoms with Gasteiger partial charge in [-0.3, -0.25) is 9.59 Å². The molecular weight excluding hydrogens is 344 g/mol. The molecule has 6 heteroatoms. The van der Waals surface area contributed by atoms with Gasteiger partial charge in [0.05, 0.1) is 18.2 Å². The predicted molar refractivity (Wildman–Crippen MR) is 105 cm³/mol. The predicted octanol–water partition coefficient (Wildman–Crippen LogP) is 2.96. The molecule has 1 aromatic rings. The molecule has 2 rings (SSSR count). The van der Waals surface area contributed by atoms with Gasteiger partial charge in [-0.25, -0.2) is 0 Å². The topological polar surface area (TPSA) is 70.1 Å². The van der Waals surface area contributed by atoms with Crippen LogP contribution < -0.4 is 4.74 Å². The third-order valence-corrected chi connectivity index (χ3v) is 4.58. The highest BCUT2D eigenvalue weighted by molar-refractivity contribution is 6.09. The van der Waals surface area contributed by atoms with Crippen molar-refractivity contribution in [1.29, 1.82) is 0 Å². The molecule has 0 fully saturated rings. The number of benzene rings is 1. The number of hydrogen-bond acceptors (Lipinski definition) is 5. The second kappa shape index (κ2) is 9.04. The maximum Gasteiger partial charge on any atom is 0.290 e. The van der Waals surface area contributed by atoms with E-state index in [2.05, 4.69) is 0 Å². The molecule has 1 aliphatic heterocycles. The molecule has 1 aromatic carbocycles. The van der Waals surface area contributed by atoms with E-state index in [0.717, 1.165) is 18.5 Å². The number of ether oxygens (including phenoxy) is 1. The Balaban J connectivity index is 2.44. The van der Waals surface area contributed by atoms with Gasteiger partial charge in [-0.05, 0) is 51.7 Å². The van der Waals surface area contributed by atoms with E-state index in [9.17, 15) is 14.7 Å². The normalized spacial score (nSPS) is 17.4. The Morgan fingerprint density at radius 2 is 2.04 bits per heavy atom. The lowest BCUT2D eigenvalue weighted by atomic mass is 9.91. The zero-order valence-corrected chi connectivity index (χ0v) is 16.9. The van der Waals surface area contributed by atoms with Crippen LogP contribution in [0, 0.1) is 5.92 Å². The van der Waals surface area contributed by atoms with E-state index in [1.54, 1.807) is 18.7 Å². The summed E-state index contributed by atoms with van der Waals surface area (Å²) in [6.45, 7) is 7.24. The largest absolute Gasteiger partial charge is 0.503 e. The average Bonchev–Trinajstić information content (AvgIpc) is 2.86. The lowest BCUT2D eigenvalue weighted by Crippen LogP contribution is -2.33. The fourth-order valence-corrected chi connectivity index (χ4v) is 3.29. The van der Waals surface area contributed by atoms with Crippen molar-refractivity contribution in [2.75, 3.05) is 33.8 Å². The van der Waals surface area contributed by atoms with E-state index in [1.807, 2.05) is 50.2 Å². The Morgan fingerprint density at radius 1 is 1.33 bits per heavy atom. The molecule has 1 unspecified atom stereocenters. The van der Waals surface area contributed by atoms with Gasteiger partial charge in [0.1, 0.15) is 5.75 Å². The minimum absolute atomic E-state index is 0.188. The summed E-state index contributed by atoms with van der Waals surface area (Å²) in [5, 5.41) is 10.5. The number of aliphatic hydroxyl groups excluding tert-OH is 1. The van der Waals surface area contributed by atoms with Crippen LogP contribution in [-0.2, 0) is 9.59 Å². The number of rotatable bonds is 9. The Bertz CT molecular complexity index is 725. The standard InChI is InChI=1S/C21H30N2O4/c1-6-27-16-10-7-9-15(13-16)18-17(19(24)14(2)3)20(25)21(26)23(18)12-8-11-22(4)5/h7,9-10,13-14,18,25H,6,8,11-12H2,1-5H3. The molecule has 0 spiro atoms. The summed E-state index contributed by atoms with van der Waals surface area (Å²) >= 11 is 0.